The third kappa shape index (κ3) is 3.02. The number of pyridine rings is 1. The van der Waals surface area contributed by atoms with E-state index in [1.165, 1.54) is 0 Å². The van der Waals surface area contributed by atoms with Gasteiger partial charge in [-0.15, -0.1) is 0 Å². The molecular formula is C21H20N4O3. The molecule has 7 heteroatoms. The number of carbonyl (C=O) groups is 1. The maximum Gasteiger partial charge on any atom is 0.254 e. The highest BCUT2D eigenvalue weighted by molar-refractivity contribution is 5.97. The number of benzene rings is 1. The predicted octanol–water partition coefficient (Wildman–Crippen LogP) is 2.34. The predicted molar refractivity (Wildman–Crippen MR) is 104 cm³/mol. The minimum Gasteiger partial charge on any atom is -0.486 e. The van der Waals surface area contributed by atoms with Crippen molar-refractivity contribution in [2.24, 2.45) is 0 Å². The summed E-state index contributed by atoms with van der Waals surface area (Å²) in [6, 6.07) is 9.16. The van der Waals surface area contributed by atoms with Gasteiger partial charge in [-0.05, 0) is 44.0 Å². The molecule has 2 fully saturated rings. The average molecular weight is 376 g/mol. The lowest BCUT2D eigenvalue weighted by atomic mass is 10.1. The zero-order chi connectivity index (χ0) is 19.3. The topological polar surface area (TPSA) is 77.3 Å². The summed E-state index contributed by atoms with van der Waals surface area (Å²) >= 11 is 0. The summed E-state index contributed by atoms with van der Waals surface area (Å²) in [5, 5.41) is 0. The lowest BCUT2D eigenvalue weighted by Crippen LogP contribution is -2.56. The first kappa shape index (κ1) is 16.9. The molecule has 3 aromatic rings. The van der Waals surface area contributed by atoms with Crippen molar-refractivity contribution in [1.82, 2.24) is 19.4 Å². The van der Waals surface area contributed by atoms with E-state index in [1.807, 2.05) is 17.6 Å². The average Bonchev–Trinajstić information content (AvgIpc) is 3.48. The molecular weight excluding hydrogens is 356 g/mol. The van der Waals surface area contributed by atoms with Crippen LogP contribution in [-0.2, 0) is 0 Å². The molecule has 0 radical (unpaired) electrons. The third-order valence-electron chi connectivity index (χ3n) is 5.30. The van der Waals surface area contributed by atoms with Crippen LogP contribution in [0.2, 0.25) is 0 Å². The van der Waals surface area contributed by atoms with Gasteiger partial charge >= 0.3 is 0 Å². The van der Waals surface area contributed by atoms with Crippen LogP contribution >= 0.6 is 0 Å². The number of fused-ring (bicyclic) bond motifs is 1. The maximum atomic E-state index is 12.7. The van der Waals surface area contributed by atoms with Gasteiger partial charge in [0.1, 0.15) is 11.9 Å². The van der Waals surface area contributed by atoms with Gasteiger partial charge in [0, 0.05) is 35.8 Å². The molecule has 0 unspecified atom stereocenters. The molecule has 2 aliphatic rings. The van der Waals surface area contributed by atoms with Crippen LogP contribution < -0.4 is 10.3 Å². The van der Waals surface area contributed by atoms with E-state index in [4.69, 9.17) is 4.74 Å². The Bertz CT molecular complexity index is 1130. The van der Waals surface area contributed by atoms with Crippen LogP contribution in [0, 0.1) is 6.92 Å². The Morgan fingerprint density at radius 3 is 2.54 bits per heavy atom. The van der Waals surface area contributed by atoms with Crippen LogP contribution in [0.25, 0.3) is 11.0 Å². The molecule has 28 heavy (non-hydrogen) atoms. The molecule has 0 N–H and O–H groups in total. The van der Waals surface area contributed by atoms with Gasteiger partial charge in [-0.25, -0.2) is 0 Å². The second-order valence-corrected chi connectivity index (χ2v) is 7.48. The van der Waals surface area contributed by atoms with E-state index in [1.54, 1.807) is 41.6 Å². The van der Waals surface area contributed by atoms with Crippen molar-refractivity contribution >= 4 is 16.9 Å². The van der Waals surface area contributed by atoms with Crippen molar-refractivity contribution in [2.75, 3.05) is 13.1 Å². The standard InChI is InChI=1S/C21H20N4O3/c1-13-8-16(10-20(26)25(13)15-3-4-15)28-17-11-24(12-17)21(27)14-2-5-18-19(9-14)23-7-6-22-18/h2,5-10,15,17H,3-4,11-12H2,1H3. The smallest absolute Gasteiger partial charge is 0.254 e. The zero-order valence-corrected chi connectivity index (χ0v) is 15.5. The highest BCUT2D eigenvalue weighted by Crippen LogP contribution is 2.35. The van der Waals surface area contributed by atoms with E-state index in [9.17, 15) is 9.59 Å². The first-order chi connectivity index (χ1) is 13.6. The van der Waals surface area contributed by atoms with Gasteiger partial charge in [-0.2, -0.15) is 0 Å². The molecule has 1 aliphatic heterocycles. The summed E-state index contributed by atoms with van der Waals surface area (Å²) in [4.78, 5) is 35.2. The van der Waals surface area contributed by atoms with Gasteiger partial charge in [-0.1, -0.05) is 0 Å². The van der Waals surface area contributed by atoms with Crippen molar-refractivity contribution in [3.8, 4) is 5.75 Å². The fraction of sp³-hybridized carbons (Fsp3) is 0.333. The molecule has 1 aromatic carbocycles. The van der Waals surface area contributed by atoms with Crippen LogP contribution in [0.4, 0.5) is 0 Å². The highest BCUT2D eigenvalue weighted by atomic mass is 16.5. The fourth-order valence-electron chi connectivity index (χ4n) is 3.70. The molecule has 2 aromatic heterocycles. The monoisotopic (exact) mass is 376 g/mol. The maximum absolute atomic E-state index is 12.7. The first-order valence-electron chi connectivity index (χ1n) is 9.48. The number of rotatable bonds is 4. The summed E-state index contributed by atoms with van der Waals surface area (Å²) in [6.45, 7) is 2.94. The number of likely N-dealkylation sites (tertiary alicyclic amines) is 1. The Labute approximate surface area is 161 Å². The summed E-state index contributed by atoms with van der Waals surface area (Å²) in [6.07, 6.45) is 5.29. The molecule has 3 heterocycles. The number of ether oxygens (including phenoxy) is 1. The van der Waals surface area contributed by atoms with Gasteiger partial charge < -0.3 is 14.2 Å². The Balaban J connectivity index is 1.24. The summed E-state index contributed by atoms with van der Waals surface area (Å²) in [5.74, 6) is 0.533. The molecule has 7 nitrogen and oxygen atoms in total. The second-order valence-electron chi connectivity index (χ2n) is 7.48. The number of amides is 1. The minimum absolute atomic E-state index is 0.0120. The third-order valence-corrected chi connectivity index (χ3v) is 5.30. The molecule has 1 saturated heterocycles. The van der Waals surface area contributed by atoms with E-state index in [0.717, 1.165) is 24.1 Å². The van der Waals surface area contributed by atoms with E-state index in [0.29, 0.717) is 36.0 Å². The number of hydrogen-bond acceptors (Lipinski definition) is 5. The van der Waals surface area contributed by atoms with Gasteiger partial charge in [0.15, 0.2) is 0 Å². The highest BCUT2D eigenvalue weighted by Gasteiger charge is 2.33. The van der Waals surface area contributed by atoms with Gasteiger partial charge in [0.25, 0.3) is 11.5 Å². The molecule has 0 atom stereocenters. The minimum atomic E-state index is -0.0974. The number of aromatic nitrogens is 3. The van der Waals surface area contributed by atoms with E-state index >= 15 is 0 Å². The SMILES string of the molecule is Cc1cc(OC2CN(C(=O)c3ccc4nccnc4c3)C2)cc(=O)n1C1CC1. The second kappa shape index (κ2) is 6.44. The summed E-state index contributed by atoms with van der Waals surface area (Å²) < 4.78 is 7.76. The molecule has 1 saturated carbocycles. The molecule has 1 aliphatic carbocycles. The number of nitrogens with zero attached hydrogens (tertiary/aromatic N) is 4. The van der Waals surface area contributed by atoms with Crippen LogP contribution in [0.3, 0.4) is 0 Å². The summed E-state index contributed by atoms with van der Waals surface area (Å²) in [5.41, 5.74) is 2.97. The number of aryl methyl sites for hydroxylation is 1. The number of hydrogen-bond donors (Lipinski definition) is 0. The quantitative estimate of drug-likeness (QED) is 0.698. The van der Waals surface area contributed by atoms with Crippen molar-refractivity contribution in [2.45, 2.75) is 31.9 Å². The summed E-state index contributed by atoms with van der Waals surface area (Å²) in [7, 11) is 0. The lowest BCUT2D eigenvalue weighted by molar-refractivity contribution is 0.0176. The van der Waals surface area contributed by atoms with E-state index in [-0.39, 0.29) is 17.6 Å². The van der Waals surface area contributed by atoms with Crippen LogP contribution in [0.15, 0.2) is 47.5 Å². The Kier molecular flexibility index (Phi) is 3.89. The Morgan fingerprint density at radius 1 is 1.07 bits per heavy atom. The molecule has 0 spiro atoms. The van der Waals surface area contributed by atoms with Gasteiger partial charge in [0.2, 0.25) is 0 Å². The Morgan fingerprint density at radius 2 is 1.82 bits per heavy atom. The number of carbonyl (C=O) groups excluding carboxylic acids is 1. The fourth-order valence-corrected chi connectivity index (χ4v) is 3.70. The Hall–Kier alpha value is -3.22. The van der Waals surface area contributed by atoms with Crippen molar-refractivity contribution in [3.63, 3.8) is 0 Å². The molecule has 0 bridgehead atoms. The van der Waals surface area contributed by atoms with Crippen LogP contribution in [0.1, 0.15) is 34.9 Å². The zero-order valence-electron chi connectivity index (χ0n) is 15.5. The van der Waals surface area contributed by atoms with Crippen molar-refractivity contribution in [1.29, 1.82) is 0 Å². The first-order valence-corrected chi connectivity index (χ1v) is 9.48. The molecule has 5 rings (SSSR count). The largest absolute Gasteiger partial charge is 0.486 e. The molecule has 142 valence electrons. The van der Waals surface area contributed by atoms with Gasteiger partial charge in [-0.3, -0.25) is 19.6 Å². The normalized spacial score (nSPS) is 16.8. The van der Waals surface area contributed by atoms with Crippen LogP contribution in [-0.4, -0.2) is 44.5 Å². The van der Waals surface area contributed by atoms with Crippen molar-refractivity contribution in [3.05, 3.63) is 64.3 Å². The van der Waals surface area contributed by atoms with Crippen molar-refractivity contribution < 1.29 is 9.53 Å². The molecule has 1 amide bonds. The van der Waals surface area contributed by atoms with E-state index < -0.39 is 0 Å². The lowest BCUT2D eigenvalue weighted by Gasteiger charge is -2.39. The van der Waals surface area contributed by atoms with Gasteiger partial charge in [0.05, 0.1) is 24.1 Å². The van der Waals surface area contributed by atoms with Crippen LogP contribution in [0.5, 0.6) is 5.75 Å². The van der Waals surface area contributed by atoms with E-state index in [2.05, 4.69) is 9.97 Å².